The van der Waals surface area contributed by atoms with E-state index in [4.69, 9.17) is 4.42 Å². The molecule has 2 aliphatic carbocycles. The summed E-state index contributed by atoms with van der Waals surface area (Å²) in [5.41, 5.74) is 19.8. The molecule has 0 saturated carbocycles. The summed E-state index contributed by atoms with van der Waals surface area (Å²) in [6, 6.07) is 77.9. The number of anilines is 3. The molecule has 0 N–H and O–H groups in total. The lowest BCUT2D eigenvalue weighted by molar-refractivity contribution is 0.660. The van der Waals surface area contributed by atoms with E-state index in [0.717, 1.165) is 39.0 Å². The molecule has 2 heteroatoms. The van der Waals surface area contributed by atoms with Crippen LogP contribution >= 0.6 is 0 Å². The predicted molar refractivity (Wildman–Crippen MR) is 249 cm³/mol. The smallest absolute Gasteiger partial charge is 0.137 e. The van der Waals surface area contributed by atoms with Gasteiger partial charge in [-0.3, -0.25) is 0 Å². The van der Waals surface area contributed by atoms with Gasteiger partial charge < -0.3 is 9.32 Å². The summed E-state index contributed by atoms with van der Waals surface area (Å²) in [4.78, 5) is 2.47. The van der Waals surface area contributed by atoms with E-state index in [1.54, 1.807) is 0 Å². The summed E-state index contributed by atoms with van der Waals surface area (Å²) in [5, 5.41) is 2.20. The lowest BCUT2D eigenvalue weighted by Crippen LogP contribution is -2.28. The van der Waals surface area contributed by atoms with E-state index in [9.17, 15) is 0 Å². The first-order valence-electron chi connectivity index (χ1n) is 20.9. The fraction of sp³-hybridized carbons (Fsp3) is 0.0690. The molecule has 1 aromatic heterocycles. The van der Waals surface area contributed by atoms with E-state index >= 15 is 0 Å². The third-order valence-corrected chi connectivity index (χ3v) is 13.3. The highest BCUT2D eigenvalue weighted by molar-refractivity contribution is 6.13. The average Bonchev–Trinajstić information content (AvgIpc) is 3.91. The van der Waals surface area contributed by atoms with Crippen molar-refractivity contribution in [2.24, 2.45) is 0 Å². The van der Waals surface area contributed by atoms with E-state index in [1.165, 1.54) is 66.8 Å². The van der Waals surface area contributed by atoms with Crippen molar-refractivity contribution in [3.05, 3.63) is 246 Å². The van der Waals surface area contributed by atoms with Gasteiger partial charge in [0, 0.05) is 22.2 Å². The molecular weight excluding hydrogens is 727 g/mol. The van der Waals surface area contributed by atoms with Crippen LogP contribution < -0.4 is 4.90 Å². The van der Waals surface area contributed by atoms with Crippen molar-refractivity contribution in [2.75, 3.05) is 4.90 Å². The zero-order chi connectivity index (χ0) is 40.0. The van der Waals surface area contributed by atoms with E-state index in [1.807, 2.05) is 0 Å². The van der Waals surface area contributed by atoms with Crippen molar-refractivity contribution in [2.45, 2.75) is 24.7 Å². The third-order valence-electron chi connectivity index (χ3n) is 13.3. The second-order valence-electron chi connectivity index (χ2n) is 16.8. The molecule has 0 radical (unpaired) electrons. The fourth-order valence-electron chi connectivity index (χ4n) is 10.7. The van der Waals surface area contributed by atoms with Gasteiger partial charge in [0.05, 0.1) is 16.5 Å². The van der Waals surface area contributed by atoms with Gasteiger partial charge in [-0.15, -0.1) is 0 Å². The van der Waals surface area contributed by atoms with E-state index in [0.29, 0.717) is 0 Å². The molecule has 284 valence electrons. The number of benzene rings is 9. The molecule has 12 rings (SSSR count). The molecular formula is C58H41NO. The molecule has 0 atom stereocenters. The minimum atomic E-state index is -0.477. The van der Waals surface area contributed by atoms with Crippen LogP contribution in [0.1, 0.15) is 47.2 Å². The standard InChI is InChI=1S/C58H41NO/c1-57(2)48-34-32-42(37-47(48)55-43(26-16-28-51(55)57)38-18-6-3-7-19-38)59(52-29-17-31-54-56(52)45-25-13-15-30-53(45)60-54)41-33-35-50-46(36-41)44-24-12-14-27-49(44)58(50,39-20-8-4-9-21-39)40-22-10-5-11-23-40/h3-37H,1-2H3. The summed E-state index contributed by atoms with van der Waals surface area (Å²) < 4.78 is 6.55. The van der Waals surface area contributed by atoms with Gasteiger partial charge in [-0.2, -0.15) is 0 Å². The zero-order valence-electron chi connectivity index (χ0n) is 33.6. The Hall–Kier alpha value is -7.42. The molecule has 0 spiro atoms. The lowest BCUT2D eigenvalue weighted by atomic mass is 9.68. The SMILES string of the molecule is CC1(C)c2ccc(N(c3ccc4c(c3)-c3ccccc3C4(c3ccccc3)c3ccccc3)c3cccc4oc5ccccc5c34)cc2-c2c(-c3ccccc3)cccc21. The van der Waals surface area contributed by atoms with E-state index < -0.39 is 5.41 Å². The Morgan fingerprint density at radius 1 is 0.400 bits per heavy atom. The highest BCUT2D eigenvalue weighted by Crippen LogP contribution is 2.58. The summed E-state index contributed by atoms with van der Waals surface area (Å²) >= 11 is 0. The minimum absolute atomic E-state index is 0.158. The molecule has 2 nitrogen and oxygen atoms in total. The summed E-state index contributed by atoms with van der Waals surface area (Å²) in [6.07, 6.45) is 0. The predicted octanol–water partition coefficient (Wildman–Crippen LogP) is 15.4. The number of furan rings is 1. The number of hydrogen-bond acceptors (Lipinski definition) is 2. The molecule has 1 heterocycles. The molecule has 0 saturated heterocycles. The van der Waals surface area contributed by atoms with Crippen LogP contribution in [0.4, 0.5) is 17.1 Å². The number of hydrogen-bond donors (Lipinski definition) is 0. The quantitative estimate of drug-likeness (QED) is 0.168. The largest absolute Gasteiger partial charge is 0.456 e. The molecule has 0 aliphatic heterocycles. The Morgan fingerprint density at radius 3 is 1.70 bits per heavy atom. The number of rotatable bonds is 6. The number of para-hydroxylation sites is 1. The summed E-state index contributed by atoms with van der Waals surface area (Å²) in [5.74, 6) is 0. The van der Waals surface area contributed by atoms with Gasteiger partial charge in [-0.05, 0) is 109 Å². The van der Waals surface area contributed by atoms with Crippen molar-refractivity contribution < 1.29 is 4.42 Å². The highest BCUT2D eigenvalue weighted by Gasteiger charge is 2.46. The van der Waals surface area contributed by atoms with Gasteiger partial charge >= 0.3 is 0 Å². The normalized spacial score (nSPS) is 14.1. The van der Waals surface area contributed by atoms with Crippen LogP contribution in [0.25, 0.3) is 55.3 Å². The van der Waals surface area contributed by atoms with Crippen LogP contribution in [0.3, 0.4) is 0 Å². The van der Waals surface area contributed by atoms with Crippen LogP contribution in [0.15, 0.2) is 217 Å². The molecule has 0 unspecified atom stereocenters. The molecule has 10 aromatic rings. The second-order valence-corrected chi connectivity index (χ2v) is 16.8. The summed E-state index contributed by atoms with van der Waals surface area (Å²) in [6.45, 7) is 4.73. The van der Waals surface area contributed by atoms with Crippen LogP contribution in [-0.2, 0) is 10.8 Å². The molecule has 2 aliphatic rings. The Morgan fingerprint density at radius 2 is 0.950 bits per heavy atom. The van der Waals surface area contributed by atoms with Crippen LogP contribution in [0.2, 0.25) is 0 Å². The van der Waals surface area contributed by atoms with Crippen molar-refractivity contribution in [1.29, 1.82) is 0 Å². The first-order valence-corrected chi connectivity index (χ1v) is 20.9. The maximum Gasteiger partial charge on any atom is 0.137 e. The monoisotopic (exact) mass is 767 g/mol. The molecule has 0 fully saturated rings. The van der Waals surface area contributed by atoms with Crippen molar-refractivity contribution in [3.8, 4) is 33.4 Å². The first kappa shape index (κ1) is 34.6. The Kier molecular flexibility index (Phi) is 7.52. The van der Waals surface area contributed by atoms with Gasteiger partial charge in [-0.25, -0.2) is 0 Å². The lowest BCUT2D eigenvalue weighted by Gasteiger charge is -2.34. The average molecular weight is 768 g/mol. The number of fused-ring (bicyclic) bond motifs is 9. The molecule has 9 aromatic carbocycles. The Balaban J connectivity index is 1.14. The van der Waals surface area contributed by atoms with E-state index in [2.05, 4.69) is 231 Å². The molecule has 60 heavy (non-hydrogen) atoms. The highest BCUT2D eigenvalue weighted by atomic mass is 16.3. The van der Waals surface area contributed by atoms with Crippen LogP contribution in [0.5, 0.6) is 0 Å². The topological polar surface area (TPSA) is 16.4 Å². The maximum atomic E-state index is 6.55. The van der Waals surface area contributed by atoms with Crippen molar-refractivity contribution in [3.63, 3.8) is 0 Å². The van der Waals surface area contributed by atoms with E-state index in [-0.39, 0.29) is 5.41 Å². The number of nitrogens with zero attached hydrogens (tertiary/aromatic N) is 1. The van der Waals surface area contributed by atoms with Crippen LogP contribution in [-0.4, -0.2) is 0 Å². The third kappa shape index (κ3) is 4.82. The van der Waals surface area contributed by atoms with Crippen LogP contribution in [0, 0.1) is 0 Å². The van der Waals surface area contributed by atoms with Crippen molar-refractivity contribution in [1.82, 2.24) is 0 Å². The van der Waals surface area contributed by atoms with Gasteiger partial charge in [-0.1, -0.05) is 184 Å². The minimum Gasteiger partial charge on any atom is -0.456 e. The second kappa shape index (κ2) is 13.0. The Labute approximate surface area is 350 Å². The maximum absolute atomic E-state index is 6.55. The Bertz CT molecular complexity index is 3250. The fourth-order valence-corrected chi connectivity index (χ4v) is 10.7. The zero-order valence-corrected chi connectivity index (χ0v) is 33.6. The summed E-state index contributed by atoms with van der Waals surface area (Å²) in [7, 11) is 0. The molecule has 0 bridgehead atoms. The first-order chi connectivity index (χ1) is 29.5. The van der Waals surface area contributed by atoms with Crippen molar-refractivity contribution >= 4 is 39.0 Å². The van der Waals surface area contributed by atoms with Gasteiger partial charge in [0.2, 0.25) is 0 Å². The van der Waals surface area contributed by atoms with Gasteiger partial charge in [0.25, 0.3) is 0 Å². The van der Waals surface area contributed by atoms with Gasteiger partial charge in [0.15, 0.2) is 0 Å². The molecule has 0 amide bonds. The van der Waals surface area contributed by atoms with Gasteiger partial charge in [0.1, 0.15) is 11.2 Å².